The Morgan fingerprint density at radius 3 is 1.46 bits per heavy atom. The van der Waals surface area contributed by atoms with Gasteiger partial charge in [0.25, 0.3) is 0 Å². The maximum absolute atomic E-state index is 12.8. The van der Waals surface area contributed by atoms with Gasteiger partial charge in [-0.05, 0) is 0 Å². The zero-order valence-corrected chi connectivity index (χ0v) is 10.7. The van der Waals surface area contributed by atoms with Gasteiger partial charge in [0.05, 0.1) is 6.42 Å². The van der Waals surface area contributed by atoms with Crippen LogP contribution in [0.5, 0.6) is 0 Å². The average molecular weight is 389 g/mol. The Morgan fingerprint density at radius 2 is 1.17 bits per heavy atom. The first-order valence-corrected chi connectivity index (χ1v) is 5.26. The van der Waals surface area contributed by atoms with Crippen molar-refractivity contribution in [3.8, 4) is 0 Å². The van der Waals surface area contributed by atoms with Crippen molar-refractivity contribution in [1.29, 1.82) is 0 Å². The van der Waals surface area contributed by atoms with Crippen molar-refractivity contribution in [2.24, 2.45) is 4.99 Å². The van der Waals surface area contributed by atoms with E-state index in [9.17, 15) is 61.9 Å². The van der Waals surface area contributed by atoms with Gasteiger partial charge in [-0.15, -0.1) is 0 Å². The number of halogens is 13. The van der Waals surface area contributed by atoms with Crippen molar-refractivity contribution >= 4 is 11.5 Å². The minimum absolute atomic E-state index is 1.75. The van der Waals surface area contributed by atoms with E-state index in [1.807, 2.05) is 0 Å². The molecular formula is C9H4F13NO. The van der Waals surface area contributed by atoms with Crippen LogP contribution in [0, 0.1) is 0 Å². The van der Waals surface area contributed by atoms with Gasteiger partial charge in [0.15, 0.2) is 0 Å². The number of Topliss-reactive ketones (excluding diaryl/α,β-unsaturated/α-hetero) is 1. The van der Waals surface area contributed by atoms with Gasteiger partial charge >= 0.3 is 30.4 Å². The molecule has 0 heterocycles. The Labute approximate surface area is 123 Å². The van der Waals surface area contributed by atoms with E-state index in [2.05, 4.69) is 0 Å². The predicted octanol–water partition coefficient (Wildman–Crippen LogP) is 4.34. The van der Waals surface area contributed by atoms with Gasteiger partial charge in [-0.1, -0.05) is 0 Å². The first-order valence-electron chi connectivity index (χ1n) is 5.26. The molecule has 0 fully saturated rings. The molecular weight excluding hydrogens is 385 g/mol. The Balaban J connectivity index is 5.63. The van der Waals surface area contributed by atoms with Gasteiger partial charge in [-0.25, -0.2) is 0 Å². The molecule has 0 saturated carbocycles. The van der Waals surface area contributed by atoms with Crippen LogP contribution in [0.2, 0.25) is 0 Å². The zero-order valence-electron chi connectivity index (χ0n) is 10.7. The summed E-state index contributed by atoms with van der Waals surface area (Å²) in [6.07, 6.45) is -21.2. The third-order valence-corrected chi connectivity index (χ3v) is 2.20. The summed E-state index contributed by atoms with van der Waals surface area (Å²) in [5.74, 6) is -17.3. The SMILES string of the molecule is O=C(C/C(=N\CC(F)(F)F)C(F)(F)F)C(F)(F)C(F)(F)C(F)(F)F. The van der Waals surface area contributed by atoms with Gasteiger partial charge in [0.1, 0.15) is 12.3 Å². The molecule has 0 N–H and O–H groups in total. The standard InChI is InChI=1S/C9H4F13NO/c10-5(11,12)2-23-3(7(15,16)17)1-4(24)6(13,14)8(18,19)9(20,21)22/h1-2H2/b23-3+. The number of aliphatic imine (C=N–C) groups is 1. The quantitative estimate of drug-likeness (QED) is 0.508. The highest BCUT2D eigenvalue weighted by Crippen LogP contribution is 2.47. The lowest BCUT2D eigenvalue weighted by Gasteiger charge is -2.27. The van der Waals surface area contributed by atoms with Gasteiger partial charge in [0.2, 0.25) is 5.78 Å². The summed E-state index contributed by atoms with van der Waals surface area (Å²) in [7, 11) is 0. The van der Waals surface area contributed by atoms with Crippen LogP contribution in [0.15, 0.2) is 4.99 Å². The summed E-state index contributed by atoms with van der Waals surface area (Å²) in [6.45, 7) is -2.61. The molecule has 0 atom stereocenters. The Morgan fingerprint density at radius 1 is 0.750 bits per heavy atom. The maximum atomic E-state index is 12.8. The average Bonchev–Trinajstić information content (AvgIpc) is 2.29. The van der Waals surface area contributed by atoms with Crippen molar-refractivity contribution in [1.82, 2.24) is 0 Å². The molecule has 0 saturated heterocycles. The fourth-order valence-electron chi connectivity index (χ4n) is 1.05. The number of carbonyl (C=O) groups is 1. The fourth-order valence-corrected chi connectivity index (χ4v) is 1.05. The van der Waals surface area contributed by atoms with Crippen LogP contribution in [-0.2, 0) is 4.79 Å². The van der Waals surface area contributed by atoms with E-state index in [4.69, 9.17) is 0 Å². The van der Waals surface area contributed by atoms with Crippen molar-refractivity contribution in [2.75, 3.05) is 6.54 Å². The number of ketones is 1. The molecule has 0 rings (SSSR count). The van der Waals surface area contributed by atoms with E-state index in [0.29, 0.717) is 0 Å². The molecule has 0 aromatic carbocycles. The van der Waals surface area contributed by atoms with Crippen LogP contribution in [0.3, 0.4) is 0 Å². The summed E-state index contributed by atoms with van der Waals surface area (Å²) < 4.78 is 158. The smallest absolute Gasteiger partial charge is 0.292 e. The van der Waals surface area contributed by atoms with Gasteiger partial charge < -0.3 is 0 Å². The summed E-state index contributed by atoms with van der Waals surface area (Å²) in [5.41, 5.74) is -2.87. The second-order valence-corrected chi connectivity index (χ2v) is 4.12. The van der Waals surface area contributed by atoms with Crippen molar-refractivity contribution in [3.05, 3.63) is 0 Å². The highest BCUT2D eigenvalue weighted by atomic mass is 19.4. The molecule has 0 aromatic rings. The number of carbonyl (C=O) groups excluding carboxylic acids is 1. The Kier molecular flexibility index (Phi) is 5.97. The van der Waals surface area contributed by atoms with Crippen molar-refractivity contribution < 1.29 is 61.9 Å². The summed E-state index contributed by atoms with van der Waals surface area (Å²) in [5, 5.41) is 0. The molecule has 0 bridgehead atoms. The van der Waals surface area contributed by atoms with Crippen LogP contribution >= 0.6 is 0 Å². The van der Waals surface area contributed by atoms with E-state index < -0.39 is 54.8 Å². The molecule has 0 spiro atoms. The lowest BCUT2D eigenvalue weighted by atomic mass is 10.0. The summed E-state index contributed by atoms with van der Waals surface area (Å²) >= 11 is 0. The molecule has 0 aliphatic heterocycles. The monoisotopic (exact) mass is 389 g/mol. The highest BCUT2D eigenvalue weighted by molar-refractivity contribution is 6.07. The topological polar surface area (TPSA) is 29.4 Å². The second kappa shape index (κ2) is 6.38. The van der Waals surface area contributed by atoms with Crippen molar-refractivity contribution in [2.45, 2.75) is 36.8 Å². The van der Waals surface area contributed by atoms with E-state index in [1.165, 1.54) is 0 Å². The molecule has 2 nitrogen and oxygen atoms in total. The van der Waals surface area contributed by atoms with Gasteiger partial charge in [0, 0.05) is 0 Å². The van der Waals surface area contributed by atoms with Crippen LogP contribution in [0.1, 0.15) is 6.42 Å². The van der Waals surface area contributed by atoms with Gasteiger partial charge in [-0.2, -0.15) is 57.1 Å². The molecule has 0 amide bonds. The Hall–Kier alpha value is -1.57. The highest BCUT2D eigenvalue weighted by Gasteiger charge is 2.76. The minimum Gasteiger partial charge on any atom is -0.292 e. The number of hydrogen-bond donors (Lipinski definition) is 0. The molecule has 142 valence electrons. The molecule has 24 heavy (non-hydrogen) atoms. The summed E-state index contributed by atoms with van der Waals surface area (Å²) in [4.78, 5) is 12.5. The van der Waals surface area contributed by atoms with E-state index in [-0.39, 0.29) is 0 Å². The number of hydrogen-bond acceptors (Lipinski definition) is 2. The zero-order chi connectivity index (χ0) is 19.8. The molecule has 0 unspecified atom stereocenters. The third-order valence-electron chi connectivity index (χ3n) is 2.20. The van der Waals surface area contributed by atoms with Crippen LogP contribution < -0.4 is 0 Å². The predicted molar refractivity (Wildman–Crippen MR) is 50.0 cm³/mol. The first-order chi connectivity index (χ1) is 10.2. The minimum atomic E-state index is -7.03. The van der Waals surface area contributed by atoms with E-state index in [0.717, 1.165) is 0 Å². The van der Waals surface area contributed by atoms with Crippen LogP contribution in [0.4, 0.5) is 57.1 Å². The normalized spacial score (nSPS) is 15.6. The van der Waals surface area contributed by atoms with Crippen LogP contribution in [0.25, 0.3) is 0 Å². The molecule has 15 heteroatoms. The van der Waals surface area contributed by atoms with Gasteiger partial charge in [-0.3, -0.25) is 9.79 Å². The fraction of sp³-hybridized carbons (Fsp3) is 0.778. The molecule has 0 aliphatic rings. The lowest BCUT2D eigenvalue weighted by Crippen LogP contribution is -2.56. The number of rotatable bonds is 5. The van der Waals surface area contributed by atoms with E-state index in [1.54, 1.807) is 4.99 Å². The molecule has 0 aromatic heterocycles. The lowest BCUT2D eigenvalue weighted by molar-refractivity contribution is -0.343. The molecule has 0 aliphatic carbocycles. The molecule has 0 radical (unpaired) electrons. The Bertz CT molecular complexity index is 495. The number of nitrogens with zero attached hydrogens (tertiary/aromatic N) is 1. The van der Waals surface area contributed by atoms with Crippen LogP contribution in [-0.4, -0.2) is 48.4 Å². The van der Waals surface area contributed by atoms with E-state index >= 15 is 0 Å². The van der Waals surface area contributed by atoms with Crippen molar-refractivity contribution in [3.63, 3.8) is 0 Å². The third kappa shape index (κ3) is 5.22. The summed E-state index contributed by atoms with van der Waals surface area (Å²) in [6, 6.07) is 0. The number of alkyl halides is 13. The largest absolute Gasteiger partial charge is 0.460 e. The first kappa shape index (κ1) is 22.4. The second-order valence-electron chi connectivity index (χ2n) is 4.12. The maximum Gasteiger partial charge on any atom is 0.460 e.